The van der Waals surface area contributed by atoms with Crippen LogP contribution >= 0.6 is 11.8 Å². The number of methoxy groups -OCH3 is 1. The number of thioether (sulfide) groups is 1. The minimum absolute atomic E-state index is 0.0664. The molecular weight excluding hydrogens is 384 g/mol. The number of rotatable bonds is 4. The molecule has 5 nitrogen and oxygen atoms in total. The van der Waals surface area contributed by atoms with Crippen molar-refractivity contribution < 1.29 is 14.3 Å². The average molecular weight is 409 g/mol. The van der Waals surface area contributed by atoms with Crippen LogP contribution in [0.4, 0.5) is 5.69 Å². The van der Waals surface area contributed by atoms with Crippen LogP contribution < -0.4 is 15.0 Å². The van der Waals surface area contributed by atoms with Crippen LogP contribution in [-0.2, 0) is 4.79 Å². The van der Waals surface area contributed by atoms with E-state index in [0.717, 1.165) is 34.7 Å². The zero-order valence-electron chi connectivity index (χ0n) is 16.6. The van der Waals surface area contributed by atoms with Crippen LogP contribution in [-0.4, -0.2) is 32.0 Å². The number of carbonyl (C=O) groups excluding carboxylic acids is 2. The Morgan fingerprint density at radius 1 is 1.21 bits per heavy atom. The van der Waals surface area contributed by atoms with Gasteiger partial charge < -0.3 is 15.0 Å². The summed E-state index contributed by atoms with van der Waals surface area (Å²) in [6, 6.07) is 13.4. The van der Waals surface area contributed by atoms with E-state index >= 15 is 0 Å². The van der Waals surface area contributed by atoms with Crippen LogP contribution in [0.25, 0.3) is 6.08 Å². The summed E-state index contributed by atoms with van der Waals surface area (Å²) in [6.45, 7) is 0. The largest absolute Gasteiger partial charge is 0.497 e. The number of carbonyl (C=O) groups is 2. The van der Waals surface area contributed by atoms with Gasteiger partial charge in [-0.25, -0.2) is 0 Å². The van der Waals surface area contributed by atoms with Crippen LogP contribution in [0.1, 0.15) is 41.6 Å². The Kier molecular flexibility index (Phi) is 5.62. The van der Waals surface area contributed by atoms with Gasteiger partial charge in [-0.05, 0) is 54.8 Å². The van der Waals surface area contributed by atoms with E-state index in [9.17, 15) is 9.59 Å². The molecule has 6 heteroatoms. The topological polar surface area (TPSA) is 58.6 Å². The molecule has 4 rings (SSSR count). The SMILES string of the molecule is COc1cccc(C=C2Sc3ccc(C(=O)NC4CCCC4)cc3N(C)C2=O)c1. The fourth-order valence-electron chi connectivity index (χ4n) is 3.76. The van der Waals surface area contributed by atoms with Crippen LogP contribution in [0.15, 0.2) is 52.3 Å². The normalized spacial score (nSPS) is 18.1. The van der Waals surface area contributed by atoms with Crippen molar-refractivity contribution in [3.8, 4) is 5.75 Å². The highest BCUT2D eigenvalue weighted by molar-refractivity contribution is 8.04. The highest BCUT2D eigenvalue weighted by Gasteiger charge is 2.28. The van der Waals surface area contributed by atoms with Crippen molar-refractivity contribution in [2.45, 2.75) is 36.6 Å². The second kappa shape index (κ2) is 8.33. The van der Waals surface area contributed by atoms with E-state index in [1.165, 1.54) is 24.6 Å². The minimum Gasteiger partial charge on any atom is -0.497 e. The van der Waals surface area contributed by atoms with Crippen LogP contribution in [0.5, 0.6) is 5.75 Å². The van der Waals surface area contributed by atoms with Crippen LogP contribution in [0.3, 0.4) is 0 Å². The summed E-state index contributed by atoms with van der Waals surface area (Å²) in [5.41, 5.74) is 2.27. The first-order chi connectivity index (χ1) is 14.0. The Bertz CT molecular complexity index is 980. The van der Waals surface area contributed by atoms with Crippen molar-refractivity contribution in [1.29, 1.82) is 0 Å². The summed E-state index contributed by atoms with van der Waals surface area (Å²) in [5, 5.41) is 3.11. The van der Waals surface area contributed by atoms with E-state index in [-0.39, 0.29) is 17.9 Å². The Balaban J connectivity index is 1.58. The van der Waals surface area contributed by atoms with Crippen LogP contribution in [0, 0.1) is 0 Å². The number of hydrogen-bond acceptors (Lipinski definition) is 4. The second-order valence-electron chi connectivity index (χ2n) is 7.39. The van der Waals surface area contributed by atoms with Crippen molar-refractivity contribution in [2.75, 3.05) is 19.1 Å². The number of amides is 2. The van der Waals surface area contributed by atoms with Gasteiger partial charge in [-0.1, -0.05) is 36.7 Å². The molecule has 1 N–H and O–H groups in total. The number of nitrogens with one attached hydrogen (secondary N) is 1. The summed E-state index contributed by atoms with van der Waals surface area (Å²) in [5.74, 6) is 0.598. The maximum atomic E-state index is 12.9. The first-order valence-corrected chi connectivity index (χ1v) is 10.6. The smallest absolute Gasteiger partial charge is 0.264 e. The zero-order chi connectivity index (χ0) is 20.4. The molecule has 0 spiro atoms. The molecule has 2 amide bonds. The zero-order valence-corrected chi connectivity index (χ0v) is 17.4. The van der Waals surface area contributed by atoms with Crippen molar-refractivity contribution in [3.63, 3.8) is 0 Å². The lowest BCUT2D eigenvalue weighted by Gasteiger charge is -2.27. The van der Waals surface area contributed by atoms with E-state index in [1.807, 2.05) is 48.5 Å². The minimum atomic E-state index is -0.0846. The number of nitrogens with zero attached hydrogens (tertiary/aromatic N) is 1. The molecule has 29 heavy (non-hydrogen) atoms. The summed E-state index contributed by atoms with van der Waals surface area (Å²) < 4.78 is 5.26. The molecule has 0 radical (unpaired) electrons. The first-order valence-electron chi connectivity index (χ1n) is 9.82. The first kappa shape index (κ1) is 19.6. The molecule has 0 unspecified atom stereocenters. The van der Waals surface area contributed by atoms with Gasteiger partial charge >= 0.3 is 0 Å². The van der Waals surface area contributed by atoms with Gasteiger partial charge in [0.05, 0.1) is 17.7 Å². The Labute approximate surface area is 175 Å². The van der Waals surface area contributed by atoms with Gasteiger partial charge in [0.2, 0.25) is 0 Å². The van der Waals surface area contributed by atoms with E-state index in [0.29, 0.717) is 10.5 Å². The summed E-state index contributed by atoms with van der Waals surface area (Å²) in [4.78, 5) is 28.7. The van der Waals surface area contributed by atoms with Gasteiger partial charge in [-0.3, -0.25) is 9.59 Å². The monoisotopic (exact) mass is 408 g/mol. The molecule has 1 saturated carbocycles. The maximum absolute atomic E-state index is 12.9. The maximum Gasteiger partial charge on any atom is 0.264 e. The van der Waals surface area contributed by atoms with Gasteiger partial charge in [0.25, 0.3) is 11.8 Å². The van der Waals surface area contributed by atoms with E-state index in [1.54, 1.807) is 19.1 Å². The standard InChI is InChI=1S/C23H24N2O3S/c1-25-19-14-16(22(26)24-17-7-3-4-8-17)10-11-20(19)29-21(23(25)27)13-15-6-5-9-18(12-15)28-2/h5-6,9-14,17H,3-4,7-8H2,1-2H3,(H,24,26). The van der Waals surface area contributed by atoms with Crippen molar-refractivity contribution in [1.82, 2.24) is 5.32 Å². The predicted molar refractivity (Wildman–Crippen MR) is 116 cm³/mol. The van der Waals surface area contributed by atoms with Gasteiger partial charge in [-0.2, -0.15) is 0 Å². The number of likely N-dealkylation sites (N-methyl/N-ethyl adjacent to an activating group) is 1. The molecule has 2 aromatic carbocycles. The molecule has 1 aliphatic carbocycles. The van der Waals surface area contributed by atoms with Gasteiger partial charge in [0.1, 0.15) is 5.75 Å². The fourth-order valence-corrected chi connectivity index (χ4v) is 4.85. The molecule has 2 aromatic rings. The molecule has 1 heterocycles. The predicted octanol–water partition coefficient (Wildman–Crippen LogP) is 4.48. The fraction of sp³-hybridized carbons (Fsp3) is 0.304. The van der Waals surface area contributed by atoms with Crippen LogP contribution in [0.2, 0.25) is 0 Å². The number of hydrogen-bond donors (Lipinski definition) is 1. The van der Waals surface area contributed by atoms with Crippen molar-refractivity contribution in [3.05, 3.63) is 58.5 Å². The number of anilines is 1. The molecule has 2 aliphatic rings. The molecule has 150 valence electrons. The Hall–Kier alpha value is -2.73. The summed E-state index contributed by atoms with van der Waals surface area (Å²) in [7, 11) is 3.37. The van der Waals surface area contributed by atoms with Gasteiger partial charge in [-0.15, -0.1) is 0 Å². The van der Waals surface area contributed by atoms with E-state index < -0.39 is 0 Å². The molecule has 1 fully saturated rings. The number of ether oxygens (including phenoxy) is 1. The molecular formula is C23H24N2O3S. The Morgan fingerprint density at radius 3 is 2.76 bits per heavy atom. The Morgan fingerprint density at radius 2 is 2.00 bits per heavy atom. The molecule has 0 atom stereocenters. The third kappa shape index (κ3) is 4.17. The molecule has 0 aromatic heterocycles. The lowest BCUT2D eigenvalue weighted by atomic mass is 10.1. The highest BCUT2D eigenvalue weighted by Crippen LogP contribution is 2.42. The third-order valence-electron chi connectivity index (χ3n) is 5.40. The molecule has 0 saturated heterocycles. The van der Waals surface area contributed by atoms with Gasteiger partial charge in [0, 0.05) is 23.5 Å². The van der Waals surface area contributed by atoms with Gasteiger partial charge in [0.15, 0.2) is 0 Å². The number of benzene rings is 2. The lowest BCUT2D eigenvalue weighted by molar-refractivity contribution is -0.114. The van der Waals surface area contributed by atoms with Crippen molar-refractivity contribution in [2.24, 2.45) is 0 Å². The van der Waals surface area contributed by atoms with E-state index in [4.69, 9.17) is 4.74 Å². The summed E-state index contributed by atoms with van der Waals surface area (Å²) in [6.07, 6.45) is 6.30. The quantitative estimate of drug-likeness (QED) is 0.758. The summed E-state index contributed by atoms with van der Waals surface area (Å²) >= 11 is 1.43. The second-order valence-corrected chi connectivity index (χ2v) is 8.47. The lowest BCUT2D eigenvalue weighted by Crippen LogP contribution is -2.33. The van der Waals surface area contributed by atoms with E-state index in [2.05, 4.69) is 5.32 Å². The average Bonchev–Trinajstić information content (AvgIpc) is 3.24. The molecule has 0 bridgehead atoms. The third-order valence-corrected chi connectivity index (χ3v) is 6.48. The van der Waals surface area contributed by atoms with Crippen molar-refractivity contribution >= 4 is 35.3 Å². The molecule has 1 aliphatic heterocycles. The number of fused-ring (bicyclic) bond motifs is 1. The highest BCUT2D eigenvalue weighted by atomic mass is 32.2.